The Hall–Kier alpha value is -1.70. The number of benzene rings is 1. The molecule has 0 fully saturated rings. The van der Waals surface area contributed by atoms with Gasteiger partial charge in [0, 0.05) is 25.5 Å². The third-order valence-corrected chi connectivity index (χ3v) is 3.01. The summed E-state index contributed by atoms with van der Waals surface area (Å²) in [5, 5.41) is 0. The van der Waals surface area contributed by atoms with Gasteiger partial charge in [0.05, 0.1) is 6.54 Å². The minimum absolute atomic E-state index is 0. The predicted octanol–water partition coefficient (Wildman–Crippen LogP) is 2.82. The lowest BCUT2D eigenvalue weighted by atomic mass is 10.2. The van der Waals surface area contributed by atoms with Crippen molar-refractivity contribution in [2.45, 2.75) is 13.0 Å². The number of H-pyrrole nitrogens is 1. The van der Waals surface area contributed by atoms with E-state index >= 15 is 0 Å². The van der Waals surface area contributed by atoms with E-state index in [0.29, 0.717) is 0 Å². The highest BCUT2D eigenvalue weighted by Gasteiger charge is 2.17. The zero-order valence-corrected chi connectivity index (χ0v) is 8.61. The molecule has 0 saturated heterocycles. The van der Waals surface area contributed by atoms with Gasteiger partial charge in [-0.2, -0.15) is 0 Å². The van der Waals surface area contributed by atoms with E-state index in [0.717, 1.165) is 13.1 Å². The number of aromatic nitrogens is 1. The Morgan fingerprint density at radius 2 is 2.13 bits per heavy atom. The molecule has 2 heteroatoms. The van der Waals surface area contributed by atoms with Crippen molar-refractivity contribution in [1.82, 2.24) is 4.98 Å². The molecule has 1 aromatic heterocycles. The summed E-state index contributed by atoms with van der Waals surface area (Å²) in [5.74, 6) is 0. The lowest BCUT2D eigenvalue weighted by Gasteiger charge is -2.18. The molecule has 0 saturated carbocycles. The number of hydrogen-bond donors (Lipinski definition) is 1. The van der Waals surface area contributed by atoms with Crippen molar-refractivity contribution in [3.05, 3.63) is 53.9 Å². The summed E-state index contributed by atoms with van der Waals surface area (Å²) in [6.07, 6.45) is 3.16. The highest BCUT2D eigenvalue weighted by molar-refractivity contribution is 5.57. The molecule has 0 atom stereocenters. The van der Waals surface area contributed by atoms with E-state index in [2.05, 4.69) is 46.3 Å². The van der Waals surface area contributed by atoms with Crippen LogP contribution in [0, 0.1) is 0 Å². The first-order valence-corrected chi connectivity index (χ1v) is 5.38. The maximum Gasteiger partial charge on any atom is 0.0580 e. The summed E-state index contributed by atoms with van der Waals surface area (Å²) in [6.45, 7) is 2.13. The van der Waals surface area contributed by atoms with Gasteiger partial charge in [0.2, 0.25) is 0 Å². The molecule has 1 aliphatic heterocycles. The average molecular weight is 200 g/mol. The molecule has 78 valence electrons. The number of nitrogens with one attached hydrogen (secondary N) is 1. The van der Waals surface area contributed by atoms with Crippen molar-refractivity contribution < 1.29 is 1.43 Å². The summed E-state index contributed by atoms with van der Waals surface area (Å²) in [4.78, 5) is 5.68. The van der Waals surface area contributed by atoms with Gasteiger partial charge in [-0.25, -0.2) is 0 Å². The van der Waals surface area contributed by atoms with Crippen molar-refractivity contribution >= 4 is 5.69 Å². The summed E-state index contributed by atoms with van der Waals surface area (Å²) < 4.78 is 0. The van der Waals surface area contributed by atoms with Crippen molar-refractivity contribution in [3.63, 3.8) is 0 Å². The number of fused-ring (bicyclic) bond motifs is 1. The summed E-state index contributed by atoms with van der Waals surface area (Å²) in [6, 6.07) is 12.9. The van der Waals surface area contributed by atoms with E-state index in [-0.39, 0.29) is 1.43 Å². The molecule has 0 radical (unpaired) electrons. The number of hydrogen-bond acceptors (Lipinski definition) is 1. The molecule has 2 aromatic rings. The fourth-order valence-electron chi connectivity index (χ4n) is 2.24. The lowest BCUT2D eigenvalue weighted by molar-refractivity contribution is 0.820. The van der Waals surface area contributed by atoms with Gasteiger partial charge in [0.15, 0.2) is 0 Å². The molecule has 3 rings (SSSR count). The first-order valence-electron chi connectivity index (χ1n) is 5.38. The molecule has 0 bridgehead atoms. The van der Waals surface area contributed by atoms with Crippen LogP contribution in [-0.2, 0) is 13.0 Å². The largest absolute Gasteiger partial charge is 0.365 e. The van der Waals surface area contributed by atoms with Crippen molar-refractivity contribution in [2.24, 2.45) is 0 Å². The van der Waals surface area contributed by atoms with E-state index in [1.54, 1.807) is 0 Å². The van der Waals surface area contributed by atoms with Crippen LogP contribution in [0.1, 0.15) is 12.7 Å². The van der Waals surface area contributed by atoms with Crippen LogP contribution in [0.4, 0.5) is 5.69 Å². The Morgan fingerprint density at radius 3 is 3.00 bits per heavy atom. The quantitative estimate of drug-likeness (QED) is 0.789. The van der Waals surface area contributed by atoms with Crippen LogP contribution in [0.5, 0.6) is 0 Å². The predicted molar refractivity (Wildman–Crippen MR) is 64.1 cm³/mol. The zero-order chi connectivity index (χ0) is 10.1. The first kappa shape index (κ1) is 8.60. The maximum atomic E-state index is 3.25. The molecule has 2 nitrogen and oxygen atoms in total. The maximum absolute atomic E-state index is 3.25. The standard InChI is InChI=1S/C13H14N2.H2/c1-2-6-13-11(4-1)7-9-15(13)10-12-5-3-8-14-12;/h1-6,8,14H,7,9-10H2;1H. The Kier molecular flexibility index (Phi) is 1.98. The molecule has 0 amide bonds. The van der Waals surface area contributed by atoms with Gasteiger partial charge in [0.25, 0.3) is 0 Å². The molecule has 1 aromatic carbocycles. The number of anilines is 1. The zero-order valence-electron chi connectivity index (χ0n) is 8.61. The van der Waals surface area contributed by atoms with Gasteiger partial charge in [-0.1, -0.05) is 18.2 Å². The molecular weight excluding hydrogens is 184 g/mol. The van der Waals surface area contributed by atoms with E-state index < -0.39 is 0 Å². The van der Waals surface area contributed by atoms with Gasteiger partial charge in [-0.15, -0.1) is 0 Å². The molecule has 1 aliphatic rings. The monoisotopic (exact) mass is 200 g/mol. The van der Waals surface area contributed by atoms with Crippen LogP contribution in [0.2, 0.25) is 0 Å². The number of aromatic amines is 1. The first-order chi connectivity index (χ1) is 7.43. The van der Waals surface area contributed by atoms with Gasteiger partial charge in [-0.05, 0) is 30.2 Å². The second kappa shape index (κ2) is 3.46. The third kappa shape index (κ3) is 1.52. The highest BCUT2D eigenvalue weighted by atomic mass is 15.2. The summed E-state index contributed by atoms with van der Waals surface area (Å²) in [7, 11) is 0. The van der Waals surface area contributed by atoms with E-state index in [9.17, 15) is 0 Å². The molecule has 0 aliphatic carbocycles. The summed E-state index contributed by atoms with van der Waals surface area (Å²) in [5.41, 5.74) is 4.16. The van der Waals surface area contributed by atoms with E-state index in [4.69, 9.17) is 0 Å². The molecule has 0 unspecified atom stereocenters. The second-order valence-corrected chi connectivity index (χ2v) is 4.00. The van der Waals surface area contributed by atoms with Crippen LogP contribution < -0.4 is 4.90 Å². The van der Waals surface area contributed by atoms with Crippen molar-refractivity contribution in [1.29, 1.82) is 0 Å². The molecule has 2 heterocycles. The van der Waals surface area contributed by atoms with E-state index in [1.165, 1.54) is 23.4 Å². The minimum atomic E-state index is 0. The third-order valence-electron chi connectivity index (χ3n) is 3.01. The topological polar surface area (TPSA) is 19.0 Å². The molecule has 15 heavy (non-hydrogen) atoms. The van der Waals surface area contributed by atoms with Crippen LogP contribution >= 0.6 is 0 Å². The fraction of sp³-hybridized carbons (Fsp3) is 0.231. The lowest BCUT2D eigenvalue weighted by Crippen LogP contribution is -2.19. The van der Waals surface area contributed by atoms with E-state index in [1.807, 2.05) is 6.20 Å². The Morgan fingerprint density at radius 1 is 1.20 bits per heavy atom. The molecule has 0 spiro atoms. The highest BCUT2D eigenvalue weighted by Crippen LogP contribution is 2.28. The Balaban J connectivity index is 0.000000963. The fourth-order valence-corrected chi connectivity index (χ4v) is 2.24. The van der Waals surface area contributed by atoms with Gasteiger partial charge in [0.1, 0.15) is 0 Å². The van der Waals surface area contributed by atoms with Crippen molar-refractivity contribution in [3.8, 4) is 0 Å². The van der Waals surface area contributed by atoms with Gasteiger partial charge in [-0.3, -0.25) is 0 Å². The van der Waals surface area contributed by atoms with Crippen LogP contribution in [-0.4, -0.2) is 11.5 Å². The number of rotatable bonds is 2. The normalized spacial score (nSPS) is 14.3. The smallest absolute Gasteiger partial charge is 0.0580 e. The second-order valence-electron chi connectivity index (χ2n) is 4.00. The van der Waals surface area contributed by atoms with Crippen LogP contribution in [0.3, 0.4) is 0 Å². The summed E-state index contributed by atoms with van der Waals surface area (Å²) >= 11 is 0. The van der Waals surface area contributed by atoms with Crippen LogP contribution in [0.15, 0.2) is 42.6 Å². The Bertz CT molecular complexity index is 451. The SMILES string of the molecule is [HH].c1c[nH]c(CN2CCc3ccccc32)c1. The van der Waals surface area contributed by atoms with Gasteiger partial charge < -0.3 is 9.88 Å². The van der Waals surface area contributed by atoms with Gasteiger partial charge >= 0.3 is 0 Å². The molecule has 1 N–H and O–H groups in total. The average Bonchev–Trinajstić information content (AvgIpc) is 2.89. The number of para-hydroxylation sites is 1. The minimum Gasteiger partial charge on any atom is -0.365 e. The number of nitrogens with zero attached hydrogens (tertiary/aromatic N) is 1. The Labute approximate surface area is 91.0 Å². The van der Waals surface area contributed by atoms with Crippen molar-refractivity contribution in [2.75, 3.05) is 11.4 Å². The molecular formula is C13H16N2. The van der Waals surface area contributed by atoms with Crippen LogP contribution in [0.25, 0.3) is 0 Å².